The summed E-state index contributed by atoms with van der Waals surface area (Å²) in [4.78, 5) is 53.6. The number of esters is 2. The fourth-order valence-corrected chi connectivity index (χ4v) is 5.58. The molecule has 0 radical (unpaired) electrons. The van der Waals surface area contributed by atoms with Gasteiger partial charge in [0.2, 0.25) is 0 Å². The number of ketones is 2. The molecular weight excluding hydrogens is 396 g/mol. The number of ether oxygens (including phenoxy) is 2. The highest BCUT2D eigenvalue weighted by Crippen LogP contribution is 2.70. The van der Waals surface area contributed by atoms with Crippen LogP contribution in [0.5, 0.6) is 0 Å². The molecule has 2 aromatic carbocycles. The molecule has 5 rings (SSSR count). The number of carbonyl (C=O) groups excluding carboxylic acids is 4. The van der Waals surface area contributed by atoms with Gasteiger partial charge in [-0.25, -0.2) is 4.79 Å². The van der Waals surface area contributed by atoms with Crippen LogP contribution in [0.2, 0.25) is 0 Å². The summed E-state index contributed by atoms with van der Waals surface area (Å²) in [6, 6.07) is 16.1. The molecule has 0 aliphatic heterocycles. The van der Waals surface area contributed by atoms with Crippen LogP contribution in [0.25, 0.3) is 11.6 Å². The molecular formula is C25H18O6. The van der Waals surface area contributed by atoms with Crippen LogP contribution in [-0.2, 0) is 34.1 Å². The molecule has 154 valence electrons. The highest BCUT2D eigenvalue weighted by molar-refractivity contribution is 6.40. The van der Waals surface area contributed by atoms with Crippen molar-refractivity contribution >= 4 is 35.2 Å². The number of carbonyl (C=O) groups is 4. The van der Waals surface area contributed by atoms with Crippen LogP contribution in [-0.4, -0.2) is 37.7 Å². The van der Waals surface area contributed by atoms with Crippen LogP contribution in [0.1, 0.15) is 23.1 Å². The van der Waals surface area contributed by atoms with E-state index in [4.69, 9.17) is 9.47 Å². The van der Waals surface area contributed by atoms with Crippen LogP contribution in [0.4, 0.5) is 0 Å². The average molecular weight is 414 g/mol. The third-order valence-corrected chi connectivity index (χ3v) is 6.67. The maximum Gasteiger partial charge on any atom is 0.341 e. The first-order chi connectivity index (χ1) is 14.9. The average Bonchev–Trinajstić information content (AvgIpc) is 3.21. The Hall–Kier alpha value is -3.80. The third kappa shape index (κ3) is 2.02. The van der Waals surface area contributed by atoms with Gasteiger partial charge in [-0.3, -0.25) is 14.4 Å². The minimum absolute atomic E-state index is 0.206. The maximum atomic E-state index is 13.9. The molecule has 31 heavy (non-hydrogen) atoms. The van der Waals surface area contributed by atoms with E-state index in [0.29, 0.717) is 27.8 Å². The lowest BCUT2D eigenvalue weighted by Gasteiger charge is -2.42. The maximum absolute atomic E-state index is 13.9. The highest BCUT2D eigenvalue weighted by Gasteiger charge is 2.77. The van der Waals surface area contributed by atoms with Gasteiger partial charge in [0, 0.05) is 12.0 Å². The van der Waals surface area contributed by atoms with Gasteiger partial charge in [0.05, 0.1) is 19.6 Å². The molecule has 0 N–H and O–H groups in total. The van der Waals surface area contributed by atoms with Crippen molar-refractivity contribution in [3.63, 3.8) is 0 Å². The SMILES string of the molecule is COC(=O)C1=C2c3ccccc3C=C3C(=O)CC(C(=O)OC)(C1=O)[C@]32c1ccccc1. The summed E-state index contributed by atoms with van der Waals surface area (Å²) in [5.74, 6) is -2.73. The fraction of sp³-hybridized carbons (Fsp3) is 0.200. The second-order valence-electron chi connectivity index (χ2n) is 7.83. The zero-order valence-corrected chi connectivity index (χ0v) is 16.9. The van der Waals surface area contributed by atoms with Crippen molar-refractivity contribution in [1.82, 2.24) is 0 Å². The van der Waals surface area contributed by atoms with Gasteiger partial charge in [-0.05, 0) is 28.3 Å². The fourth-order valence-electron chi connectivity index (χ4n) is 5.58. The van der Waals surface area contributed by atoms with Crippen LogP contribution in [0, 0.1) is 5.41 Å². The Labute approximate surface area is 178 Å². The molecule has 0 amide bonds. The van der Waals surface area contributed by atoms with Crippen molar-refractivity contribution < 1.29 is 28.7 Å². The zero-order chi connectivity index (χ0) is 22.0. The standard InChI is InChI=1S/C25H18O6/c1-30-22(28)19-20-16-11-7-6-8-14(16)12-17-18(26)13-24(21(19)27,23(29)31-2)25(17,20)15-9-4-3-5-10-15/h3-12H,13H2,1-2H3/t24?,25-/m1/s1. The Morgan fingerprint density at radius 3 is 2.26 bits per heavy atom. The van der Waals surface area contributed by atoms with Crippen LogP contribution >= 0.6 is 0 Å². The quantitative estimate of drug-likeness (QED) is 0.436. The summed E-state index contributed by atoms with van der Waals surface area (Å²) >= 11 is 0. The van der Waals surface area contributed by atoms with Gasteiger partial charge in [-0.15, -0.1) is 0 Å². The lowest BCUT2D eigenvalue weighted by Crippen LogP contribution is -2.51. The Balaban J connectivity index is 2.04. The molecule has 2 aromatic rings. The number of rotatable bonds is 3. The molecule has 6 nitrogen and oxygen atoms in total. The number of hydrogen-bond donors (Lipinski definition) is 0. The second-order valence-corrected chi connectivity index (χ2v) is 7.83. The molecule has 2 atom stereocenters. The van der Waals surface area contributed by atoms with E-state index in [1.165, 1.54) is 14.2 Å². The highest BCUT2D eigenvalue weighted by atomic mass is 16.5. The first-order valence-corrected chi connectivity index (χ1v) is 9.81. The Bertz CT molecular complexity index is 1250. The van der Waals surface area contributed by atoms with Crippen molar-refractivity contribution in [3.8, 4) is 0 Å². The number of fused-ring (bicyclic) bond motifs is 2. The van der Waals surface area contributed by atoms with E-state index < -0.39 is 28.6 Å². The second kappa shape index (κ2) is 6.35. The zero-order valence-electron chi connectivity index (χ0n) is 16.9. The number of allylic oxidation sites excluding steroid dienone is 2. The van der Waals surface area contributed by atoms with Gasteiger partial charge in [0.15, 0.2) is 17.0 Å². The van der Waals surface area contributed by atoms with Crippen LogP contribution in [0.15, 0.2) is 65.7 Å². The monoisotopic (exact) mass is 414 g/mol. The van der Waals surface area contributed by atoms with Crippen LogP contribution in [0.3, 0.4) is 0 Å². The normalized spacial score (nSPS) is 25.7. The largest absolute Gasteiger partial charge is 0.468 e. The summed E-state index contributed by atoms with van der Waals surface area (Å²) in [6.45, 7) is 0. The Morgan fingerprint density at radius 1 is 0.903 bits per heavy atom. The van der Waals surface area contributed by atoms with E-state index in [-0.39, 0.29) is 17.8 Å². The van der Waals surface area contributed by atoms with Gasteiger partial charge in [0.1, 0.15) is 5.57 Å². The van der Waals surface area contributed by atoms with E-state index in [2.05, 4.69) is 0 Å². The summed E-state index contributed by atoms with van der Waals surface area (Å²) in [7, 11) is 2.37. The number of methoxy groups -OCH3 is 2. The molecule has 1 unspecified atom stereocenters. The lowest BCUT2D eigenvalue weighted by molar-refractivity contribution is -0.159. The number of hydrogen-bond acceptors (Lipinski definition) is 6. The van der Waals surface area contributed by atoms with Gasteiger partial charge in [0.25, 0.3) is 0 Å². The van der Waals surface area contributed by atoms with E-state index >= 15 is 0 Å². The van der Waals surface area contributed by atoms with E-state index in [1.54, 1.807) is 48.5 Å². The third-order valence-electron chi connectivity index (χ3n) is 6.67. The first-order valence-electron chi connectivity index (χ1n) is 9.81. The molecule has 0 bridgehead atoms. The molecule has 6 heteroatoms. The topological polar surface area (TPSA) is 86.7 Å². The predicted molar refractivity (Wildman–Crippen MR) is 111 cm³/mol. The minimum Gasteiger partial charge on any atom is -0.468 e. The van der Waals surface area contributed by atoms with Crippen molar-refractivity contribution in [2.75, 3.05) is 14.2 Å². The molecule has 1 fully saturated rings. The predicted octanol–water partition coefficient (Wildman–Crippen LogP) is 2.66. The Kier molecular flexibility index (Phi) is 3.93. The molecule has 3 aliphatic rings. The Morgan fingerprint density at radius 2 is 1.58 bits per heavy atom. The van der Waals surface area contributed by atoms with Crippen LogP contribution < -0.4 is 0 Å². The van der Waals surface area contributed by atoms with E-state index in [0.717, 1.165) is 0 Å². The van der Waals surface area contributed by atoms with Gasteiger partial charge >= 0.3 is 11.9 Å². The number of benzene rings is 2. The lowest BCUT2D eigenvalue weighted by atomic mass is 9.56. The summed E-state index contributed by atoms with van der Waals surface area (Å²) in [6.07, 6.45) is 1.35. The molecule has 0 heterocycles. The smallest absolute Gasteiger partial charge is 0.341 e. The van der Waals surface area contributed by atoms with Crippen molar-refractivity contribution in [2.45, 2.75) is 11.8 Å². The van der Waals surface area contributed by atoms with Crippen molar-refractivity contribution in [1.29, 1.82) is 0 Å². The van der Waals surface area contributed by atoms with E-state index in [1.807, 2.05) is 12.1 Å². The summed E-state index contributed by atoms with van der Waals surface area (Å²) in [5, 5.41) is 0. The van der Waals surface area contributed by atoms with Gasteiger partial charge in [-0.2, -0.15) is 0 Å². The summed E-state index contributed by atoms with van der Waals surface area (Å²) in [5.41, 5.74) is -1.04. The molecule has 1 saturated carbocycles. The van der Waals surface area contributed by atoms with E-state index in [9.17, 15) is 19.2 Å². The van der Waals surface area contributed by atoms with Crippen molar-refractivity contribution in [2.24, 2.45) is 5.41 Å². The molecule has 0 aromatic heterocycles. The van der Waals surface area contributed by atoms with Crippen molar-refractivity contribution in [3.05, 3.63) is 82.4 Å². The van der Waals surface area contributed by atoms with Gasteiger partial charge in [-0.1, -0.05) is 54.6 Å². The van der Waals surface area contributed by atoms with Gasteiger partial charge < -0.3 is 9.47 Å². The molecule has 0 saturated heterocycles. The molecule has 3 aliphatic carbocycles. The first kappa shape index (κ1) is 19.2. The minimum atomic E-state index is -1.90. The molecule has 0 spiro atoms. The number of Topliss-reactive ketones (excluding diaryl/α,β-unsaturated/α-hetero) is 2. The summed E-state index contributed by atoms with van der Waals surface area (Å²) < 4.78 is 10.1.